The minimum absolute atomic E-state index is 0.416. The molecular formula is C13H18N4S. The number of hydrogen-bond donors (Lipinski definition) is 1. The first-order valence-corrected chi connectivity index (χ1v) is 7.06. The highest BCUT2D eigenvalue weighted by molar-refractivity contribution is 7.80. The molecule has 2 N–H and O–H groups in total. The van der Waals surface area contributed by atoms with Gasteiger partial charge in [0.05, 0.1) is 11.8 Å². The number of aromatic nitrogens is 2. The van der Waals surface area contributed by atoms with E-state index in [2.05, 4.69) is 15.1 Å². The van der Waals surface area contributed by atoms with Gasteiger partial charge < -0.3 is 10.6 Å². The van der Waals surface area contributed by atoms with E-state index in [0.717, 1.165) is 23.8 Å². The predicted octanol–water partition coefficient (Wildman–Crippen LogP) is 1.88. The van der Waals surface area contributed by atoms with Crippen LogP contribution in [0.1, 0.15) is 37.7 Å². The predicted molar refractivity (Wildman–Crippen MR) is 75.6 cm³/mol. The molecule has 2 atom stereocenters. The molecule has 2 aliphatic rings. The van der Waals surface area contributed by atoms with E-state index >= 15 is 0 Å². The molecule has 5 heteroatoms. The van der Waals surface area contributed by atoms with E-state index in [1.54, 1.807) is 6.20 Å². The van der Waals surface area contributed by atoms with Crippen molar-refractivity contribution in [2.24, 2.45) is 11.7 Å². The van der Waals surface area contributed by atoms with Crippen molar-refractivity contribution in [1.29, 1.82) is 0 Å². The highest BCUT2D eigenvalue weighted by Crippen LogP contribution is 2.38. The molecule has 2 heterocycles. The van der Waals surface area contributed by atoms with E-state index in [1.807, 2.05) is 6.07 Å². The normalized spacial score (nSPS) is 27.0. The Morgan fingerprint density at radius 1 is 1.33 bits per heavy atom. The maximum atomic E-state index is 5.79. The average molecular weight is 262 g/mol. The standard InChI is InChI=1S/C13H18N4S/c14-12(18)10-5-7-15-16-13(10)17-8-6-9-3-1-2-4-11(9)17/h5,7,9,11H,1-4,6,8H2,(H2,14,18). The van der Waals surface area contributed by atoms with Gasteiger partial charge in [0.1, 0.15) is 4.99 Å². The molecule has 1 saturated heterocycles. The van der Waals surface area contributed by atoms with Gasteiger partial charge in [-0.2, -0.15) is 5.10 Å². The van der Waals surface area contributed by atoms with Crippen LogP contribution < -0.4 is 10.6 Å². The molecule has 3 rings (SSSR count). The zero-order chi connectivity index (χ0) is 12.5. The second-order valence-electron chi connectivity index (χ2n) is 5.23. The van der Waals surface area contributed by atoms with E-state index in [-0.39, 0.29) is 0 Å². The van der Waals surface area contributed by atoms with Crippen LogP contribution in [0.2, 0.25) is 0 Å². The van der Waals surface area contributed by atoms with Gasteiger partial charge >= 0.3 is 0 Å². The SMILES string of the molecule is NC(=S)c1ccnnc1N1CCC2CCCCC21. The Hall–Kier alpha value is -1.23. The second-order valence-corrected chi connectivity index (χ2v) is 5.67. The number of nitrogens with two attached hydrogens (primary N) is 1. The number of fused-ring (bicyclic) bond motifs is 1. The summed E-state index contributed by atoms with van der Waals surface area (Å²) in [5, 5.41) is 8.28. The van der Waals surface area contributed by atoms with Crippen molar-refractivity contribution >= 4 is 23.0 Å². The highest BCUT2D eigenvalue weighted by Gasteiger charge is 2.37. The van der Waals surface area contributed by atoms with Gasteiger partial charge in [-0.05, 0) is 31.2 Å². The molecule has 0 amide bonds. The van der Waals surface area contributed by atoms with Gasteiger partial charge in [0.2, 0.25) is 0 Å². The third-order valence-corrected chi connectivity index (χ3v) is 4.47. The quantitative estimate of drug-likeness (QED) is 0.825. The molecule has 1 aromatic heterocycles. The molecule has 0 radical (unpaired) electrons. The van der Waals surface area contributed by atoms with Gasteiger partial charge in [-0.3, -0.25) is 0 Å². The van der Waals surface area contributed by atoms with Crippen LogP contribution in [-0.2, 0) is 0 Å². The van der Waals surface area contributed by atoms with Gasteiger partial charge in [0, 0.05) is 12.6 Å². The Morgan fingerprint density at radius 3 is 3.00 bits per heavy atom. The Kier molecular flexibility index (Phi) is 3.16. The largest absolute Gasteiger partial charge is 0.389 e. The fourth-order valence-corrected chi connectivity index (χ4v) is 3.56. The first-order chi connectivity index (χ1) is 8.77. The zero-order valence-electron chi connectivity index (χ0n) is 10.4. The Morgan fingerprint density at radius 2 is 2.17 bits per heavy atom. The summed E-state index contributed by atoms with van der Waals surface area (Å²) in [5.74, 6) is 1.71. The molecule has 96 valence electrons. The summed E-state index contributed by atoms with van der Waals surface area (Å²) in [5.41, 5.74) is 6.65. The zero-order valence-corrected chi connectivity index (χ0v) is 11.2. The van der Waals surface area contributed by atoms with Gasteiger partial charge in [-0.15, -0.1) is 5.10 Å². The Bertz CT molecular complexity index is 462. The fraction of sp³-hybridized carbons (Fsp3) is 0.615. The molecule has 1 aliphatic carbocycles. The second kappa shape index (κ2) is 4.80. The minimum atomic E-state index is 0.416. The number of hydrogen-bond acceptors (Lipinski definition) is 4. The van der Waals surface area contributed by atoms with E-state index in [1.165, 1.54) is 32.1 Å². The van der Waals surface area contributed by atoms with Crippen LogP contribution in [0.25, 0.3) is 0 Å². The van der Waals surface area contributed by atoms with Crippen molar-refractivity contribution in [2.45, 2.75) is 38.1 Å². The van der Waals surface area contributed by atoms with Crippen LogP contribution in [0.15, 0.2) is 12.3 Å². The van der Waals surface area contributed by atoms with Gasteiger partial charge in [0.15, 0.2) is 5.82 Å². The van der Waals surface area contributed by atoms with E-state index < -0.39 is 0 Å². The summed E-state index contributed by atoms with van der Waals surface area (Å²) in [4.78, 5) is 2.80. The molecule has 18 heavy (non-hydrogen) atoms. The van der Waals surface area contributed by atoms with Crippen LogP contribution in [0.5, 0.6) is 0 Å². The molecule has 1 aliphatic heterocycles. The average Bonchev–Trinajstić information content (AvgIpc) is 2.82. The highest BCUT2D eigenvalue weighted by atomic mass is 32.1. The number of anilines is 1. The van der Waals surface area contributed by atoms with Crippen LogP contribution in [0.3, 0.4) is 0 Å². The summed E-state index contributed by atoms with van der Waals surface area (Å²) >= 11 is 5.12. The summed E-state index contributed by atoms with van der Waals surface area (Å²) in [6, 6.07) is 2.49. The molecular weight excluding hydrogens is 244 g/mol. The fourth-order valence-electron chi connectivity index (χ4n) is 3.40. The molecule has 2 fully saturated rings. The van der Waals surface area contributed by atoms with Crippen molar-refractivity contribution in [3.05, 3.63) is 17.8 Å². The lowest BCUT2D eigenvalue weighted by molar-refractivity contribution is 0.341. The van der Waals surface area contributed by atoms with Crippen molar-refractivity contribution < 1.29 is 0 Å². The molecule has 2 unspecified atom stereocenters. The Labute approximate surface area is 113 Å². The third kappa shape index (κ3) is 1.96. The summed E-state index contributed by atoms with van der Waals surface area (Å²) in [6.45, 7) is 1.06. The van der Waals surface area contributed by atoms with E-state index in [9.17, 15) is 0 Å². The van der Waals surface area contributed by atoms with Crippen LogP contribution in [0.4, 0.5) is 5.82 Å². The lowest BCUT2D eigenvalue weighted by Crippen LogP contribution is -2.36. The first-order valence-electron chi connectivity index (χ1n) is 6.65. The summed E-state index contributed by atoms with van der Waals surface area (Å²) in [7, 11) is 0. The van der Waals surface area contributed by atoms with Gasteiger partial charge in [0.25, 0.3) is 0 Å². The lowest BCUT2D eigenvalue weighted by Gasteiger charge is -2.32. The number of thiocarbonyl (C=S) groups is 1. The smallest absolute Gasteiger partial charge is 0.161 e. The van der Waals surface area contributed by atoms with Crippen molar-refractivity contribution in [3.63, 3.8) is 0 Å². The van der Waals surface area contributed by atoms with Crippen LogP contribution in [-0.4, -0.2) is 27.8 Å². The first kappa shape index (κ1) is 11.8. The molecule has 1 saturated carbocycles. The summed E-state index contributed by atoms with van der Waals surface area (Å²) in [6.07, 6.45) is 8.23. The third-order valence-electron chi connectivity index (χ3n) is 4.25. The molecule has 1 aromatic rings. The molecule has 0 bridgehead atoms. The minimum Gasteiger partial charge on any atom is -0.389 e. The van der Waals surface area contributed by atoms with E-state index in [4.69, 9.17) is 18.0 Å². The van der Waals surface area contributed by atoms with Crippen molar-refractivity contribution in [1.82, 2.24) is 10.2 Å². The maximum Gasteiger partial charge on any atom is 0.161 e. The van der Waals surface area contributed by atoms with Crippen molar-refractivity contribution in [3.8, 4) is 0 Å². The van der Waals surface area contributed by atoms with Gasteiger partial charge in [-0.25, -0.2) is 0 Å². The summed E-state index contributed by atoms with van der Waals surface area (Å²) < 4.78 is 0. The van der Waals surface area contributed by atoms with E-state index in [0.29, 0.717) is 11.0 Å². The number of rotatable bonds is 2. The monoisotopic (exact) mass is 262 g/mol. The maximum absolute atomic E-state index is 5.79. The number of nitrogens with zero attached hydrogens (tertiary/aromatic N) is 3. The molecule has 0 aromatic carbocycles. The Balaban J connectivity index is 1.93. The van der Waals surface area contributed by atoms with Crippen molar-refractivity contribution in [2.75, 3.05) is 11.4 Å². The molecule has 4 nitrogen and oxygen atoms in total. The van der Waals surface area contributed by atoms with Gasteiger partial charge in [-0.1, -0.05) is 25.1 Å². The topological polar surface area (TPSA) is 55.0 Å². The van der Waals surface area contributed by atoms with Crippen LogP contribution in [0, 0.1) is 5.92 Å². The molecule has 0 spiro atoms. The lowest BCUT2D eigenvalue weighted by atomic mass is 9.85. The van der Waals surface area contributed by atoms with Crippen LogP contribution >= 0.6 is 12.2 Å².